The van der Waals surface area contributed by atoms with Crippen molar-refractivity contribution in [3.63, 3.8) is 0 Å². The Morgan fingerprint density at radius 2 is 1.37 bits per heavy atom. The fraction of sp³-hybridized carbons (Fsp3) is 0.286. The number of ether oxygens (including phenoxy) is 2. The number of aryl methyl sites for hydroxylation is 2. The van der Waals surface area contributed by atoms with Crippen LogP contribution in [-0.2, 0) is 9.47 Å². The second-order valence-electron chi connectivity index (χ2n) is 7.63. The van der Waals surface area contributed by atoms with Crippen molar-refractivity contribution >= 4 is 29.4 Å². The van der Waals surface area contributed by atoms with E-state index in [0.717, 1.165) is 11.1 Å². The summed E-state index contributed by atoms with van der Waals surface area (Å²) in [5, 5.41) is 0. The smallest absolute Gasteiger partial charge is 0.426 e. The highest BCUT2D eigenvalue weighted by atomic mass is 16.6. The summed E-state index contributed by atoms with van der Waals surface area (Å²) in [4.78, 5) is 36.5. The van der Waals surface area contributed by atoms with E-state index in [1.165, 1.54) is 18.2 Å². The third kappa shape index (κ3) is 6.21. The molecule has 160 valence electrons. The Balaban J connectivity index is 2.08. The van der Waals surface area contributed by atoms with Gasteiger partial charge in [0.2, 0.25) is 0 Å². The highest BCUT2D eigenvalue weighted by Crippen LogP contribution is 2.19. The van der Waals surface area contributed by atoms with Crippen molar-refractivity contribution < 1.29 is 23.9 Å². The Bertz CT molecular complexity index is 966. The number of hydrogen-bond donors (Lipinski definition) is 4. The first-order valence-electron chi connectivity index (χ1n) is 9.19. The number of nitrogen functional groups attached to an aromatic ring is 1. The van der Waals surface area contributed by atoms with E-state index in [-0.39, 0.29) is 11.1 Å². The molecule has 0 spiro atoms. The average Bonchev–Trinajstić information content (AvgIpc) is 2.66. The van der Waals surface area contributed by atoms with E-state index in [2.05, 4.69) is 16.3 Å². The SMILES string of the molecule is Cc1ccc(C(=O)OC(=O)c2ccc(C)c(NNC(=O)OC(C)(C)C)c2)cc1NN. The van der Waals surface area contributed by atoms with Gasteiger partial charge in [0.15, 0.2) is 0 Å². The minimum Gasteiger partial charge on any atom is -0.443 e. The molecule has 0 aromatic heterocycles. The van der Waals surface area contributed by atoms with Gasteiger partial charge in [-0.05, 0) is 70.0 Å². The molecule has 9 heteroatoms. The van der Waals surface area contributed by atoms with Gasteiger partial charge in [0.05, 0.1) is 22.5 Å². The molecule has 0 bridgehead atoms. The van der Waals surface area contributed by atoms with Crippen molar-refractivity contribution in [2.75, 3.05) is 10.9 Å². The quantitative estimate of drug-likeness (QED) is 0.253. The van der Waals surface area contributed by atoms with E-state index in [1.807, 2.05) is 6.92 Å². The fourth-order valence-corrected chi connectivity index (χ4v) is 2.41. The molecule has 0 radical (unpaired) electrons. The molecule has 2 aromatic carbocycles. The van der Waals surface area contributed by atoms with E-state index in [1.54, 1.807) is 45.9 Å². The van der Waals surface area contributed by atoms with Crippen LogP contribution in [0.3, 0.4) is 0 Å². The van der Waals surface area contributed by atoms with Crippen molar-refractivity contribution in [2.24, 2.45) is 5.84 Å². The van der Waals surface area contributed by atoms with Gasteiger partial charge in [-0.25, -0.2) is 19.8 Å². The third-order valence-electron chi connectivity index (χ3n) is 3.99. The van der Waals surface area contributed by atoms with Crippen LogP contribution in [0.4, 0.5) is 16.2 Å². The maximum Gasteiger partial charge on any atom is 0.426 e. The van der Waals surface area contributed by atoms with Crippen LogP contribution in [0.25, 0.3) is 0 Å². The van der Waals surface area contributed by atoms with Crippen molar-refractivity contribution in [1.82, 2.24) is 5.43 Å². The zero-order chi connectivity index (χ0) is 22.5. The Labute approximate surface area is 174 Å². The molecular weight excluding hydrogens is 388 g/mol. The molecule has 9 nitrogen and oxygen atoms in total. The monoisotopic (exact) mass is 414 g/mol. The summed E-state index contributed by atoms with van der Waals surface area (Å²) in [6.07, 6.45) is -0.672. The Morgan fingerprint density at radius 1 is 0.867 bits per heavy atom. The van der Waals surface area contributed by atoms with Crippen LogP contribution in [0.15, 0.2) is 36.4 Å². The molecule has 0 saturated carbocycles. The number of benzene rings is 2. The summed E-state index contributed by atoms with van der Waals surface area (Å²) in [5.74, 6) is 3.77. The molecular formula is C21H26N4O5. The van der Waals surface area contributed by atoms with Crippen LogP contribution < -0.4 is 22.1 Å². The molecule has 2 aromatic rings. The molecule has 0 aliphatic heterocycles. The lowest BCUT2D eigenvalue weighted by Crippen LogP contribution is -2.36. The topological polar surface area (TPSA) is 132 Å². The number of esters is 2. The number of nitrogens with two attached hydrogens (primary N) is 1. The van der Waals surface area contributed by atoms with E-state index >= 15 is 0 Å². The number of carbonyl (C=O) groups excluding carboxylic acids is 3. The summed E-state index contributed by atoms with van der Waals surface area (Å²) in [6.45, 7) is 8.83. The Hall–Kier alpha value is -3.59. The zero-order valence-corrected chi connectivity index (χ0v) is 17.6. The van der Waals surface area contributed by atoms with Gasteiger partial charge in [0, 0.05) is 0 Å². The van der Waals surface area contributed by atoms with Crippen molar-refractivity contribution in [2.45, 2.75) is 40.2 Å². The van der Waals surface area contributed by atoms with Crippen LogP contribution in [0.2, 0.25) is 0 Å². The molecule has 2 rings (SSSR count). The van der Waals surface area contributed by atoms with Gasteiger partial charge in [0.1, 0.15) is 5.60 Å². The normalized spacial score (nSPS) is 10.7. The summed E-state index contributed by atoms with van der Waals surface area (Å²) in [5.41, 5.74) is 9.83. The maximum atomic E-state index is 12.4. The van der Waals surface area contributed by atoms with Gasteiger partial charge in [-0.2, -0.15) is 0 Å². The third-order valence-corrected chi connectivity index (χ3v) is 3.99. The number of amides is 1. The highest BCUT2D eigenvalue weighted by Gasteiger charge is 2.18. The molecule has 0 saturated heterocycles. The van der Waals surface area contributed by atoms with Gasteiger partial charge in [0.25, 0.3) is 0 Å². The molecule has 30 heavy (non-hydrogen) atoms. The summed E-state index contributed by atoms with van der Waals surface area (Å²) >= 11 is 0. The van der Waals surface area contributed by atoms with Crippen LogP contribution in [0, 0.1) is 13.8 Å². The van der Waals surface area contributed by atoms with Crippen molar-refractivity contribution in [3.05, 3.63) is 58.7 Å². The highest BCUT2D eigenvalue weighted by molar-refractivity contribution is 6.03. The second-order valence-corrected chi connectivity index (χ2v) is 7.63. The largest absolute Gasteiger partial charge is 0.443 e. The molecule has 0 aliphatic rings. The van der Waals surface area contributed by atoms with Gasteiger partial charge >= 0.3 is 18.0 Å². The van der Waals surface area contributed by atoms with Crippen LogP contribution in [0.5, 0.6) is 0 Å². The predicted molar refractivity (Wildman–Crippen MR) is 113 cm³/mol. The first-order valence-corrected chi connectivity index (χ1v) is 9.19. The molecule has 0 heterocycles. The number of anilines is 2. The van der Waals surface area contributed by atoms with Crippen molar-refractivity contribution in [3.8, 4) is 0 Å². The van der Waals surface area contributed by atoms with E-state index < -0.39 is 23.6 Å². The van der Waals surface area contributed by atoms with E-state index in [0.29, 0.717) is 11.4 Å². The molecule has 1 amide bonds. The number of carbonyl (C=O) groups is 3. The Kier molecular flexibility index (Phi) is 7.01. The number of hydrogen-bond acceptors (Lipinski definition) is 8. The summed E-state index contributed by atoms with van der Waals surface area (Å²) in [7, 11) is 0. The lowest BCUT2D eigenvalue weighted by Gasteiger charge is -2.20. The second kappa shape index (κ2) is 9.27. The fourth-order valence-electron chi connectivity index (χ4n) is 2.41. The standard InChI is InChI=1S/C21H26N4O5/c1-12-6-8-14(10-16(12)23-22)18(26)29-19(27)15-9-7-13(2)17(11-15)24-25-20(28)30-21(3,4)5/h6-11,23-24H,22H2,1-5H3,(H,25,28). The number of rotatable bonds is 5. The summed E-state index contributed by atoms with van der Waals surface area (Å²) < 4.78 is 10.1. The molecule has 0 aliphatic carbocycles. The van der Waals surface area contributed by atoms with E-state index in [9.17, 15) is 14.4 Å². The minimum absolute atomic E-state index is 0.131. The van der Waals surface area contributed by atoms with Gasteiger partial charge < -0.3 is 14.9 Å². The lowest BCUT2D eigenvalue weighted by atomic mass is 10.1. The predicted octanol–water partition coefficient (Wildman–Crippen LogP) is 3.44. The van der Waals surface area contributed by atoms with Crippen LogP contribution in [-0.4, -0.2) is 23.6 Å². The molecule has 0 fully saturated rings. The summed E-state index contributed by atoms with van der Waals surface area (Å²) in [6, 6.07) is 9.36. The first-order chi connectivity index (χ1) is 14.0. The first kappa shape index (κ1) is 22.7. The molecule has 5 N–H and O–H groups in total. The average molecular weight is 414 g/mol. The minimum atomic E-state index is -0.830. The maximum absolute atomic E-state index is 12.4. The molecule has 0 atom stereocenters. The lowest BCUT2D eigenvalue weighted by molar-refractivity contribution is 0.0396. The van der Waals surface area contributed by atoms with Crippen LogP contribution in [0.1, 0.15) is 52.6 Å². The van der Waals surface area contributed by atoms with Crippen molar-refractivity contribution in [1.29, 1.82) is 0 Å². The van der Waals surface area contributed by atoms with Gasteiger partial charge in [-0.3, -0.25) is 11.3 Å². The van der Waals surface area contributed by atoms with E-state index in [4.69, 9.17) is 15.3 Å². The zero-order valence-electron chi connectivity index (χ0n) is 17.6. The molecule has 0 unspecified atom stereocenters. The number of nitrogens with one attached hydrogen (secondary N) is 3. The number of hydrazine groups is 2. The van der Waals surface area contributed by atoms with Crippen LogP contribution >= 0.6 is 0 Å². The van der Waals surface area contributed by atoms with Gasteiger partial charge in [-0.1, -0.05) is 12.1 Å². The van der Waals surface area contributed by atoms with Gasteiger partial charge in [-0.15, -0.1) is 0 Å². The Morgan fingerprint density at radius 3 is 1.87 bits per heavy atom.